The predicted molar refractivity (Wildman–Crippen MR) is 84.6 cm³/mol. The molecule has 0 heterocycles. The molecule has 2 aromatic rings. The van der Waals surface area contributed by atoms with E-state index in [-0.39, 0.29) is 11.6 Å². The van der Waals surface area contributed by atoms with Crippen LogP contribution in [-0.4, -0.2) is 11.1 Å². The summed E-state index contributed by atoms with van der Waals surface area (Å²) in [4.78, 5) is 11.3. The minimum absolute atomic E-state index is 0.101. The first-order valence-corrected chi connectivity index (χ1v) is 7.20. The molecule has 2 rings (SSSR count). The van der Waals surface area contributed by atoms with E-state index in [9.17, 15) is 9.90 Å². The van der Waals surface area contributed by atoms with Gasteiger partial charge in [0.1, 0.15) is 0 Å². The molecular formula is C15H13BrClNO2. The number of hydrogen-bond acceptors (Lipinski definition) is 2. The van der Waals surface area contributed by atoms with E-state index >= 15 is 0 Å². The molecule has 0 spiro atoms. The van der Waals surface area contributed by atoms with Gasteiger partial charge in [0, 0.05) is 9.50 Å². The minimum atomic E-state index is -0.980. The third-order valence-corrected chi connectivity index (χ3v) is 3.98. The van der Waals surface area contributed by atoms with Crippen LogP contribution in [0.3, 0.4) is 0 Å². The monoisotopic (exact) mass is 353 g/mol. The molecule has 0 aliphatic rings. The number of halogens is 2. The lowest BCUT2D eigenvalue weighted by Gasteiger charge is -2.19. The van der Waals surface area contributed by atoms with Crippen molar-refractivity contribution in [3.63, 3.8) is 0 Å². The standard InChI is InChI=1S/C15H13BrClNO2/c1-9(10-5-2-3-7-12(10)17)18-13-8-4-6-11(16)14(13)15(19)20/h2-9,18H,1H3,(H,19,20). The smallest absolute Gasteiger partial charge is 0.338 e. The molecule has 1 atom stereocenters. The molecule has 0 fully saturated rings. The van der Waals surface area contributed by atoms with Crippen LogP contribution in [0, 0.1) is 0 Å². The van der Waals surface area contributed by atoms with Gasteiger partial charge in [0.2, 0.25) is 0 Å². The highest BCUT2D eigenvalue weighted by molar-refractivity contribution is 9.10. The first-order valence-electron chi connectivity index (χ1n) is 6.03. The van der Waals surface area contributed by atoms with Crippen LogP contribution in [0.2, 0.25) is 5.02 Å². The van der Waals surface area contributed by atoms with Crippen LogP contribution in [0.25, 0.3) is 0 Å². The molecule has 0 aliphatic heterocycles. The molecule has 2 aromatic carbocycles. The van der Waals surface area contributed by atoms with Gasteiger partial charge in [-0.25, -0.2) is 4.79 Å². The van der Waals surface area contributed by atoms with Crippen LogP contribution in [0.4, 0.5) is 5.69 Å². The Morgan fingerprint density at radius 2 is 1.95 bits per heavy atom. The van der Waals surface area contributed by atoms with Gasteiger partial charge in [-0.15, -0.1) is 0 Å². The van der Waals surface area contributed by atoms with E-state index < -0.39 is 5.97 Å². The number of rotatable bonds is 4. The topological polar surface area (TPSA) is 49.3 Å². The van der Waals surface area contributed by atoms with Crippen molar-refractivity contribution in [1.29, 1.82) is 0 Å². The van der Waals surface area contributed by atoms with Gasteiger partial charge >= 0.3 is 5.97 Å². The normalized spacial score (nSPS) is 11.9. The summed E-state index contributed by atoms with van der Waals surface area (Å²) in [5.41, 5.74) is 1.69. The molecule has 0 saturated carbocycles. The fourth-order valence-electron chi connectivity index (χ4n) is 2.00. The van der Waals surface area contributed by atoms with Gasteiger partial charge in [-0.1, -0.05) is 35.9 Å². The van der Waals surface area contributed by atoms with Crippen LogP contribution < -0.4 is 5.32 Å². The SMILES string of the molecule is CC(Nc1cccc(Br)c1C(=O)O)c1ccccc1Cl. The number of hydrogen-bond donors (Lipinski definition) is 2. The zero-order valence-corrected chi connectivity index (χ0v) is 13.1. The Labute approximate surface area is 130 Å². The Kier molecular flexibility index (Phi) is 4.68. The average molecular weight is 355 g/mol. The van der Waals surface area contributed by atoms with Crippen molar-refractivity contribution in [3.05, 3.63) is 63.1 Å². The van der Waals surface area contributed by atoms with Crippen LogP contribution in [0.15, 0.2) is 46.9 Å². The van der Waals surface area contributed by atoms with Gasteiger partial charge in [0.25, 0.3) is 0 Å². The fraction of sp³-hybridized carbons (Fsp3) is 0.133. The first kappa shape index (κ1) is 14.9. The van der Waals surface area contributed by atoms with E-state index in [1.165, 1.54) is 0 Å². The fourth-order valence-corrected chi connectivity index (χ4v) is 2.83. The summed E-state index contributed by atoms with van der Waals surface area (Å²) in [6, 6.07) is 12.6. The maximum atomic E-state index is 11.3. The summed E-state index contributed by atoms with van der Waals surface area (Å²) in [6.45, 7) is 1.94. The number of anilines is 1. The second kappa shape index (κ2) is 6.29. The Bertz CT molecular complexity index is 646. The Morgan fingerprint density at radius 3 is 2.60 bits per heavy atom. The molecule has 3 nitrogen and oxygen atoms in total. The van der Waals surface area contributed by atoms with Crippen molar-refractivity contribution in [2.75, 3.05) is 5.32 Å². The minimum Gasteiger partial charge on any atom is -0.478 e. The van der Waals surface area contributed by atoms with Crippen molar-refractivity contribution >= 4 is 39.2 Å². The zero-order valence-electron chi connectivity index (χ0n) is 10.7. The van der Waals surface area contributed by atoms with E-state index in [0.717, 1.165) is 5.56 Å². The third kappa shape index (κ3) is 3.14. The summed E-state index contributed by atoms with van der Waals surface area (Å²) in [5.74, 6) is -0.980. The molecule has 20 heavy (non-hydrogen) atoms. The number of nitrogens with one attached hydrogen (secondary N) is 1. The van der Waals surface area contributed by atoms with Crippen LogP contribution in [-0.2, 0) is 0 Å². The molecule has 0 amide bonds. The van der Waals surface area contributed by atoms with Crippen molar-refractivity contribution in [2.45, 2.75) is 13.0 Å². The summed E-state index contributed by atoms with van der Waals surface area (Å²) in [7, 11) is 0. The molecule has 1 unspecified atom stereocenters. The van der Waals surface area contributed by atoms with E-state index in [1.807, 2.05) is 31.2 Å². The molecular weight excluding hydrogens is 342 g/mol. The summed E-state index contributed by atoms with van der Waals surface area (Å²) >= 11 is 9.41. The Balaban J connectivity index is 2.33. The average Bonchev–Trinajstić information content (AvgIpc) is 2.38. The van der Waals surface area contributed by atoms with E-state index in [1.54, 1.807) is 18.2 Å². The van der Waals surface area contributed by atoms with Crippen molar-refractivity contribution in [1.82, 2.24) is 0 Å². The molecule has 5 heteroatoms. The number of carboxylic acid groups (broad SMARTS) is 1. The van der Waals surface area contributed by atoms with Gasteiger partial charge in [0.15, 0.2) is 0 Å². The van der Waals surface area contributed by atoms with Crippen molar-refractivity contribution in [3.8, 4) is 0 Å². The van der Waals surface area contributed by atoms with Gasteiger partial charge < -0.3 is 10.4 Å². The lowest BCUT2D eigenvalue weighted by atomic mass is 10.1. The zero-order chi connectivity index (χ0) is 14.7. The Morgan fingerprint density at radius 1 is 1.25 bits per heavy atom. The Hall–Kier alpha value is -1.52. The lowest BCUT2D eigenvalue weighted by Crippen LogP contribution is -2.11. The van der Waals surface area contributed by atoms with Crippen LogP contribution in [0.1, 0.15) is 28.9 Å². The van der Waals surface area contributed by atoms with Gasteiger partial charge in [-0.2, -0.15) is 0 Å². The largest absolute Gasteiger partial charge is 0.478 e. The highest BCUT2D eigenvalue weighted by atomic mass is 79.9. The molecule has 0 saturated heterocycles. The number of benzene rings is 2. The highest BCUT2D eigenvalue weighted by Crippen LogP contribution is 2.30. The molecule has 0 bridgehead atoms. The van der Waals surface area contributed by atoms with Gasteiger partial charge in [-0.05, 0) is 46.6 Å². The first-order chi connectivity index (χ1) is 9.50. The van der Waals surface area contributed by atoms with Gasteiger partial charge in [0.05, 0.1) is 17.3 Å². The third-order valence-electron chi connectivity index (χ3n) is 2.97. The summed E-state index contributed by atoms with van der Waals surface area (Å²) < 4.78 is 0.543. The van der Waals surface area contributed by atoms with Crippen LogP contribution in [0.5, 0.6) is 0 Å². The van der Waals surface area contributed by atoms with Crippen molar-refractivity contribution in [2.24, 2.45) is 0 Å². The maximum absolute atomic E-state index is 11.3. The van der Waals surface area contributed by atoms with E-state index in [0.29, 0.717) is 15.2 Å². The number of aromatic carboxylic acids is 1. The number of carboxylic acids is 1. The number of carbonyl (C=O) groups is 1. The molecule has 0 radical (unpaired) electrons. The summed E-state index contributed by atoms with van der Waals surface area (Å²) in [5, 5.41) is 13.1. The van der Waals surface area contributed by atoms with Gasteiger partial charge in [-0.3, -0.25) is 0 Å². The molecule has 0 aromatic heterocycles. The van der Waals surface area contributed by atoms with Crippen LogP contribution >= 0.6 is 27.5 Å². The van der Waals surface area contributed by atoms with E-state index in [2.05, 4.69) is 21.2 Å². The maximum Gasteiger partial charge on any atom is 0.338 e. The second-order valence-electron chi connectivity index (χ2n) is 4.36. The van der Waals surface area contributed by atoms with E-state index in [4.69, 9.17) is 11.6 Å². The second-order valence-corrected chi connectivity index (χ2v) is 5.62. The lowest BCUT2D eigenvalue weighted by molar-refractivity contribution is 0.0697. The quantitative estimate of drug-likeness (QED) is 0.814. The predicted octanol–water partition coefficient (Wildman–Crippen LogP) is 4.97. The molecule has 2 N–H and O–H groups in total. The molecule has 0 aliphatic carbocycles. The van der Waals surface area contributed by atoms with Crippen molar-refractivity contribution < 1.29 is 9.90 Å². The summed E-state index contributed by atoms with van der Waals surface area (Å²) in [6.07, 6.45) is 0. The molecule has 104 valence electrons. The highest BCUT2D eigenvalue weighted by Gasteiger charge is 2.16.